The zero-order valence-corrected chi connectivity index (χ0v) is 22.0. The number of amides is 1. The number of aliphatic imine (C=N–C) groups is 1. The number of methoxy groups -OCH3 is 1. The summed E-state index contributed by atoms with van der Waals surface area (Å²) in [5, 5.41) is 0.538. The van der Waals surface area contributed by atoms with Crippen LogP contribution < -0.4 is 9.47 Å². The number of rotatable bonds is 6. The van der Waals surface area contributed by atoms with Gasteiger partial charge in [-0.05, 0) is 79.9 Å². The van der Waals surface area contributed by atoms with Gasteiger partial charge >= 0.3 is 5.37 Å². The molecule has 0 aliphatic carbocycles. The van der Waals surface area contributed by atoms with Crippen LogP contribution in [0.1, 0.15) is 43.5 Å². The van der Waals surface area contributed by atoms with Crippen LogP contribution in [0.5, 0.6) is 11.5 Å². The second-order valence-electron chi connectivity index (χ2n) is 8.70. The second kappa shape index (κ2) is 10.1. The van der Waals surface area contributed by atoms with E-state index in [4.69, 9.17) is 49.3 Å². The number of hydrogen-bond donors (Lipinski definition) is 0. The minimum absolute atomic E-state index is 0.113. The zero-order chi connectivity index (χ0) is 25.3. The summed E-state index contributed by atoms with van der Waals surface area (Å²) in [5.74, 6) is 1.57. The summed E-state index contributed by atoms with van der Waals surface area (Å²) < 4.78 is 11.5. The molecule has 0 aromatic heterocycles. The minimum Gasteiger partial charge on any atom is -0.497 e. The lowest BCUT2D eigenvalue weighted by Gasteiger charge is -2.34. The van der Waals surface area contributed by atoms with Crippen molar-refractivity contribution in [2.24, 2.45) is 4.99 Å². The van der Waals surface area contributed by atoms with Crippen molar-refractivity contribution >= 4 is 46.0 Å². The van der Waals surface area contributed by atoms with Crippen molar-refractivity contribution in [3.05, 3.63) is 93.5 Å². The molecule has 0 spiro atoms. The molecule has 1 aliphatic rings. The van der Waals surface area contributed by atoms with E-state index in [1.165, 1.54) is 4.90 Å². The van der Waals surface area contributed by atoms with Gasteiger partial charge in [-0.25, -0.2) is 0 Å². The molecule has 3 aromatic rings. The van der Waals surface area contributed by atoms with E-state index in [2.05, 4.69) is 0 Å². The van der Waals surface area contributed by atoms with Crippen molar-refractivity contribution in [1.29, 1.82) is 0 Å². The average molecular weight is 532 g/mol. The Bertz CT molecular complexity index is 1260. The van der Waals surface area contributed by atoms with Gasteiger partial charge in [-0.3, -0.25) is 14.7 Å². The quantitative estimate of drug-likeness (QED) is 0.240. The van der Waals surface area contributed by atoms with Gasteiger partial charge in [0.25, 0.3) is 0 Å². The third-order valence-corrected chi connectivity index (χ3v) is 6.64. The fourth-order valence-electron chi connectivity index (χ4n) is 4.38. The molecule has 0 bridgehead atoms. The topological polar surface area (TPSA) is 51.1 Å². The van der Waals surface area contributed by atoms with Gasteiger partial charge in [-0.2, -0.15) is 0 Å². The molecule has 1 heterocycles. The van der Waals surface area contributed by atoms with Crippen molar-refractivity contribution in [1.82, 2.24) is 4.90 Å². The number of nitrogens with zero attached hydrogens (tertiary/aromatic N) is 2. The van der Waals surface area contributed by atoms with Gasteiger partial charge in [0.05, 0.1) is 24.8 Å². The number of ether oxygens (including phenoxy) is 2. The van der Waals surface area contributed by atoms with Crippen LogP contribution in [-0.4, -0.2) is 29.3 Å². The highest BCUT2D eigenvalue weighted by atomic mass is 35.5. The molecule has 4 rings (SSSR count). The summed E-state index contributed by atoms with van der Waals surface area (Å²) in [4.78, 5) is 19.7. The summed E-state index contributed by atoms with van der Waals surface area (Å²) in [7, 11) is 1.59. The molecule has 1 amide bonds. The fraction of sp³-hybridized carbons (Fsp3) is 0.259. The zero-order valence-electron chi connectivity index (χ0n) is 19.8. The Morgan fingerprint density at radius 3 is 2.14 bits per heavy atom. The van der Waals surface area contributed by atoms with E-state index in [0.29, 0.717) is 32.9 Å². The first kappa shape index (κ1) is 25.4. The normalized spacial score (nSPS) is 19.6. The van der Waals surface area contributed by atoms with Crippen molar-refractivity contribution in [3.63, 3.8) is 0 Å². The predicted octanol–water partition coefficient (Wildman–Crippen LogP) is 7.87. The molecule has 182 valence electrons. The maximum absolute atomic E-state index is 13.0. The lowest BCUT2D eigenvalue weighted by Crippen LogP contribution is -2.39. The van der Waals surface area contributed by atoms with Gasteiger partial charge in [0.1, 0.15) is 22.9 Å². The largest absolute Gasteiger partial charge is 0.497 e. The van der Waals surface area contributed by atoms with Crippen LogP contribution in [0.2, 0.25) is 10.0 Å². The Hall–Kier alpha value is -2.73. The third kappa shape index (κ3) is 4.99. The molecular formula is C27H25Cl3N2O3. The maximum atomic E-state index is 13.0. The number of benzene rings is 3. The third-order valence-electron chi connectivity index (χ3n) is 5.95. The van der Waals surface area contributed by atoms with Crippen molar-refractivity contribution in [2.75, 3.05) is 7.11 Å². The van der Waals surface area contributed by atoms with Gasteiger partial charge in [0, 0.05) is 16.1 Å². The highest BCUT2D eigenvalue weighted by molar-refractivity contribution is 6.64. The Kier molecular flexibility index (Phi) is 7.32. The first-order valence-electron chi connectivity index (χ1n) is 11.1. The molecule has 35 heavy (non-hydrogen) atoms. The van der Waals surface area contributed by atoms with E-state index in [-0.39, 0.29) is 6.10 Å². The van der Waals surface area contributed by atoms with Crippen LogP contribution in [0.25, 0.3) is 0 Å². The lowest BCUT2D eigenvalue weighted by molar-refractivity contribution is 0.217. The van der Waals surface area contributed by atoms with E-state index in [1.807, 2.05) is 63.2 Å². The molecule has 0 saturated carbocycles. The van der Waals surface area contributed by atoms with Gasteiger partial charge in [0.15, 0.2) is 0 Å². The van der Waals surface area contributed by atoms with E-state index < -0.39 is 16.9 Å². The van der Waals surface area contributed by atoms with Crippen LogP contribution >= 0.6 is 34.8 Å². The number of carbonyl (C=O) groups excluding carboxylic acids is 1. The molecule has 0 N–H and O–H groups in total. The highest BCUT2D eigenvalue weighted by Crippen LogP contribution is 2.50. The van der Waals surface area contributed by atoms with E-state index >= 15 is 0 Å². The molecule has 0 unspecified atom stereocenters. The molecule has 0 saturated heterocycles. The smallest absolute Gasteiger partial charge is 0.322 e. The summed E-state index contributed by atoms with van der Waals surface area (Å²) in [6, 6.07) is 19.6. The summed E-state index contributed by atoms with van der Waals surface area (Å²) in [5.41, 5.74) is 1.46. The molecule has 8 heteroatoms. The van der Waals surface area contributed by atoms with Crippen LogP contribution in [-0.2, 0) is 5.54 Å². The Morgan fingerprint density at radius 2 is 1.60 bits per heavy atom. The van der Waals surface area contributed by atoms with Gasteiger partial charge < -0.3 is 9.47 Å². The molecule has 0 fully saturated rings. The van der Waals surface area contributed by atoms with Gasteiger partial charge in [-0.15, -0.1) is 0 Å². The Labute approximate surface area is 220 Å². The first-order valence-corrected chi connectivity index (χ1v) is 12.2. The predicted molar refractivity (Wildman–Crippen MR) is 141 cm³/mol. The molecular weight excluding hydrogens is 507 g/mol. The van der Waals surface area contributed by atoms with Crippen LogP contribution in [0.15, 0.2) is 71.7 Å². The second-order valence-corrected chi connectivity index (χ2v) is 9.89. The Balaban J connectivity index is 1.97. The maximum Gasteiger partial charge on any atom is 0.322 e. The standard InChI is InChI=1S/C27H25Cl3N2O3/c1-16(2)35-23-15-21(34-4)13-14-22(23)25-31-27(3,18-7-11-20(29)12-8-18)24(32(25)26(30)33)17-5-9-19(28)10-6-17/h5-16,24H,1-4H3/t24-,27-/m0/s1. The van der Waals surface area contributed by atoms with Crippen LogP contribution in [0.4, 0.5) is 4.79 Å². The van der Waals surface area contributed by atoms with E-state index in [0.717, 1.165) is 11.1 Å². The summed E-state index contributed by atoms with van der Waals surface area (Å²) in [6.45, 7) is 5.83. The van der Waals surface area contributed by atoms with Crippen LogP contribution in [0.3, 0.4) is 0 Å². The van der Waals surface area contributed by atoms with E-state index in [1.54, 1.807) is 31.4 Å². The van der Waals surface area contributed by atoms with Crippen molar-refractivity contribution < 1.29 is 14.3 Å². The van der Waals surface area contributed by atoms with E-state index in [9.17, 15) is 4.79 Å². The Morgan fingerprint density at radius 1 is 1.00 bits per heavy atom. The van der Waals surface area contributed by atoms with Gasteiger partial charge in [-0.1, -0.05) is 47.5 Å². The summed E-state index contributed by atoms with van der Waals surface area (Å²) in [6.07, 6.45) is -0.113. The van der Waals surface area contributed by atoms with Crippen LogP contribution in [0, 0.1) is 0 Å². The molecule has 1 aliphatic heterocycles. The number of hydrogen-bond acceptors (Lipinski definition) is 4. The lowest BCUT2D eigenvalue weighted by atomic mass is 9.82. The number of amidine groups is 1. The first-order chi connectivity index (χ1) is 16.6. The minimum atomic E-state index is -0.882. The van der Waals surface area contributed by atoms with Crippen molar-refractivity contribution in [2.45, 2.75) is 38.5 Å². The van der Waals surface area contributed by atoms with Gasteiger partial charge in [0.2, 0.25) is 0 Å². The number of halogens is 3. The molecule has 2 atom stereocenters. The summed E-state index contributed by atoms with van der Waals surface area (Å²) >= 11 is 18.6. The SMILES string of the molecule is COc1ccc(C2=N[C@@](C)(c3ccc(Cl)cc3)[C@H](c3ccc(Cl)cc3)N2C(=O)Cl)c(OC(C)C)c1. The highest BCUT2D eigenvalue weighted by Gasteiger charge is 2.50. The monoisotopic (exact) mass is 530 g/mol. The fourth-order valence-corrected chi connectivity index (χ4v) is 4.81. The molecule has 0 radical (unpaired) electrons. The number of carbonyl (C=O) groups is 1. The molecule has 5 nitrogen and oxygen atoms in total. The molecule has 3 aromatic carbocycles. The van der Waals surface area contributed by atoms with Crippen molar-refractivity contribution in [3.8, 4) is 11.5 Å². The average Bonchev–Trinajstić information content (AvgIpc) is 3.13.